The number of aryl methyl sites for hydroxylation is 1. The molecular formula is C20H18FN3O2. The van der Waals surface area contributed by atoms with Gasteiger partial charge >= 0.3 is 0 Å². The first kappa shape index (κ1) is 17.5. The van der Waals surface area contributed by atoms with Gasteiger partial charge in [0.1, 0.15) is 11.5 Å². The molecule has 0 unspecified atom stereocenters. The average molecular weight is 351 g/mol. The molecule has 0 radical (unpaired) electrons. The van der Waals surface area contributed by atoms with Gasteiger partial charge in [0.25, 0.3) is 11.5 Å². The molecular weight excluding hydrogens is 333 g/mol. The maximum atomic E-state index is 13.0. The number of benzene rings is 2. The molecule has 0 saturated carbocycles. The second kappa shape index (κ2) is 7.74. The van der Waals surface area contributed by atoms with Crippen LogP contribution in [-0.2, 0) is 13.1 Å². The van der Waals surface area contributed by atoms with E-state index in [1.807, 2.05) is 31.2 Å². The van der Waals surface area contributed by atoms with Crippen LogP contribution in [0.15, 0.2) is 65.5 Å². The highest BCUT2D eigenvalue weighted by Gasteiger charge is 2.10. The van der Waals surface area contributed by atoms with Gasteiger partial charge in [-0.3, -0.25) is 9.59 Å². The van der Waals surface area contributed by atoms with Gasteiger partial charge in [-0.25, -0.2) is 9.07 Å². The van der Waals surface area contributed by atoms with Crippen LogP contribution in [0.4, 0.5) is 4.39 Å². The number of rotatable bonds is 5. The minimum absolute atomic E-state index is 0.152. The highest BCUT2D eigenvalue weighted by Crippen LogP contribution is 2.05. The molecule has 0 atom stereocenters. The Labute approximate surface area is 150 Å². The first-order chi connectivity index (χ1) is 12.5. The molecule has 0 spiro atoms. The number of nitrogens with one attached hydrogen (secondary N) is 1. The normalized spacial score (nSPS) is 10.5. The van der Waals surface area contributed by atoms with Crippen molar-refractivity contribution in [3.63, 3.8) is 0 Å². The fourth-order valence-electron chi connectivity index (χ4n) is 2.42. The van der Waals surface area contributed by atoms with E-state index in [2.05, 4.69) is 10.4 Å². The summed E-state index contributed by atoms with van der Waals surface area (Å²) in [6.45, 7) is 2.53. The predicted octanol–water partition coefficient (Wildman–Crippen LogP) is 2.67. The molecule has 3 aromatic rings. The van der Waals surface area contributed by atoms with Crippen LogP contribution >= 0.6 is 0 Å². The third-order valence-corrected chi connectivity index (χ3v) is 3.92. The zero-order valence-electron chi connectivity index (χ0n) is 14.3. The van der Waals surface area contributed by atoms with Gasteiger partial charge in [-0.15, -0.1) is 0 Å². The Morgan fingerprint density at radius 2 is 1.65 bits per heavy atom. The molecule has 5 nitrogen and oxygen atoms in total. The van der Waals surface area contributed by atoms with Crippen LogP contribution < -0.4 is 10.9 Å². The second-order valence-electron chi connectivity index (χ2n) is 6.01. The van der Waals surface area contributed by atoms with Crippen LogP contribution in [0.2, 0.25) is 0 Å². The molecule has 26 heavy (non-hydrogen) atoms. The van der Waals surface area contributed by atoms with Crippen LogP contribution in [0.5, 0.6) is 0 Å². The maximum Gasteiger partial charge on any atom is 0.271 e. The van der Waals surface area contributed by atoms with Gasteiger partial charge in [-0.2, -0.15) is 5.10 Å². The summed E-state index contributed by atoms with van der Waals surface area (Å²) in [6, 6.07) is 16.3. The summed E-state index contributed by atoms with van der Waals surface area (Å²) in [7, 11) is 0. The molecule has 1 N–H and O–H groups in total. The number of halogens is 1. The van der Waals surface area contributed by atoms with E-state index in [-0.39, 0.29) is 29.5 Å². The fraction of sp³-hybridized carbons (Fsp3) is 0.150. The van der Waals surface area contributed by atoms with Gasteiger partial charge in [-0.1, -0.05) is 42.0 Å². The molecule has 6 heteroatoms. The Kier molecular flexibility index (Phi) is 5.22. The molecule has 0 bridgehead atoms. The summed E-state index contributed by atoms with van der Waals surface area (Å²) >= 11 is 0. The number of carbonyl (C=O) groups excluding carboxylic acids is 1. The van der Waals surface area contributed by atoms with Gasteiger partial charge in [-0.05, 0) is 36.2 Å². The standard InChI is InChI=1S/C20H18FN3O2/c1-14-2-4-15(5-3-14)12-22-20(26)18-10-11-19(25)24(23-18)13-16-6-8-17(21)9-7-16/h2-11H,12-13H2,1H3,(H,22,26). The number of amides is 1. The van der Waals surface area contributed by atoms with Gasteiger partial charge in [0, 0.05) is 12.6 Å². The Bertz CT molecular complexity index is 964. The third kappa shape index (κ3) is 4.42. The number of hydrogen-bond donors (Lipinski definition) is 1. The van der Waals surface area contributed by atoms with Crippen LogP contribution in [0, 0.1) is 12.7 Å². The number of carbonyl (C=O) groups is 1. The Morgan fingerprint density at radius 1 is 1.00 bits per heavy atom. The lowest BCUT2D eigenvalue weighted by Crippen LogP contribution is -2.29. The van der Waals surface area contributed by atoms with E-state index in [1.165, 1.54) is 28.9 Å². The average Bonchev–Trinajstić information content (AvgIpc) is 2.64. The summed E-state index contributed by atoms with van der Waals surface area (Å²) < 4.78 is 14.2. The topological polar surface area (TPSA) is 64.0 Å². The lowest BCUT2D eigenvalue weighted by Gasteiger charge is -2.08. The van der Waals surface area contributed by atoms with Crippen molar-refractivity contribution in [1.82, 2.24) is 15.1 Å². The monoisotopic (exact) mass is 351 g/mol. The van der Waals surface area contributed by atoms with Crippen LogP contribution in [0.25, 0.3) is 0 Å². The summed E-state index contributed by atoms with van der Waals surface area (Å²) in [5, 5.41) is 6.90. The Hall–Kier alpha value is -3.28. The van der Waals surface area contributed by atoms with E-state index >= 15 is 0 Å². The lowest BCUT2D eigenvalue weighted by atomic mass is 10.1. The second-order valence-corrected chi connectivity index (χ2v) is 6.01. The van der Waals surface area contributed by atoms with E-state index < -0.39 is 0 Å². The summed E-state index contributed by atoms with van der Waals surface area (Å²) in [5.74, 6) is -0.711. The summed E-state index contributed by atoms with van der Waals surface area (Å²) in [4.78, 5) is 24.3. The third-order valence-electron chi connectivity index (χ3n) is 3.92. The van der Waals surface area contributed by atoms with Gasteiger partial charge < -0.3 is 5.32 Å². The Morgan fingerprint density at radius 3 is 2.35 bits per heavy atom. The van der Waals surface area contributed by atoms with Crippen molar-refractivity contribution in [2.24, 2.45) is 0 Å². The highest BCUT2D eigenvalue weighted by atomic mass is 19.1. The Balaban J connectivity index is 1.71. The smallest absolute Gasteiger partial charge is 0.271 e. The number of hydrogen-bond acceptors (Lipinski definition) is 3. The van der Waals surface area contributed by atoms with Crippen LogP contribution in [0.3, 0.4) is 0 Å². The van der Waals surface area contributed by atoms with E-state index in [9.17, 15) is 14.0 Å². The molecule has 3 rings (SSSR count). The van der Waals surface area contributed by atoms with Crippen molar-refractivity contribution in [2.75, 3.05) is 0 Å². The molecule has 0 fully saturated rings. The lowest BCUT2D eigenvalue weighted by molar-refractivity contribution is 0.0943. The highest BCUT2D eigenvalue weighted by molar-refractivity contribution is 5.91. The first-order valence-electron chi connectivity index (χ1n) is 8.17. The van der Waals surface area contributed by atoms with E-state index in [0.29, 0.717) is 6.54 Å². The van der Waals surface area contributed by atoms with Crippen LogP contribution in [0.1, 0.15) is 27.2 Å². The van der Waals surface area contributed by atoms with Crippen molar-refractivity contribution in [2.45, 2.75) is 20.0 Å². The molecule has 0 saturated heterocycles. The molecule has 0 aliphatic heterocycles. The van der Waals surface area contributed by atoms with Crippen molar-refractivity contribution < 1.29 is 9.18 Å². The molecule has 1 aromatic heterocycles. The summed E-state index contributed by atoms with van der Waals surface area (Å²) in [5.41, 5.74) is 2.67. The van der Waals surface area contributed by atoms with Crippen molar-refractivity contribution in [3.05, 3.63) is 99.2 Å². The SMILES string of the molecule is Cc1ccc(CNC(=O)c2ccc(=O)n(Cc3ccc(F)cc3)n2)cc1. The number of aromatic nitrogens is 2. The molecule has 0 aliphatic carbocycles. The maximum absolute atomic E-state index is 13.0. The molecule has 2 aromatic carbocycles. The zero-order chi connectivity index (χ0) is 18.5. The van der Waals surface area contributed by atoms with Gasteiger partial charge in [0.05, 0.1) is 6.54 Å². The van der Waals surface area contributed by atoms with Crippen molar-refractivity contribution in [3.8, 4) is 0 Å². The van der Waals surface area contributed by atoms with Gasteiger partial charge in [0.15, 0.2) is 0 Å². The van der Waals surface area contributed by atoms with Crippen molar-refractivity contribution >= 4 is 5.91 Å². The molecule has 1 amide bonds. The molecule has 1 heterocycles. The van der Waals surface area contributed by atoms with Crippen molar-refractivity contribution in [1.29, 1.82) is 0 Å². The van der Waals surface area contributed by atoms with E-state index in [4.69, 9.17) is 0 Å². The quantitative estimate of drug-likeness (QED) is 0.769. The minimum atomic E-state index is -0.363. The minimum Gasteiger partial charge on any atom is -0.347 e. The first-order valence-corrected chi connectivity index (χ1v) is 8.17. The van der Waals surface area contributed by atoms with Gasteiger partial charge in [0.2, 0.25) is 0 Å². The number of nitrogens with zero attached hydrogens (tertiary/aromatic N) is 2. The zero-order valence-corrected chi connectivity index (χ0v) is 14.3. The van der Waals surface area contributed by atoms with E-state index in [1.54, 1.807) is 12.1 Å². The van der Waals surface area contributed by atoms with E-state index in [0.717, 1.165) is 16.7 Å². The predicted molar refractivity (Wildman–Crippen MR) is 96.3 cm³/mol. The molecule has 0 aliphatic rings. The van der Waals surface area contributed by atoms with Crippen LogP contribution in [-0.4, -0.2) is 15.7 Å². The fourth-order valence-corrected chi connectivity index (χ4v) is 2.42. The summed E-state index contributed by atoms with van der Waals surface area (Å²) in [6.07, 6.45) is 0. The largest absolute Gasteiger partial charge is 0.347 e. The molecule has 132 valence electrons.